The predicted octanol–water partition coefficient (Wildman–Crippen LogP) is 1.25. The lowest BCUT2D eigenvalue weighted by Crippen LogP contribution is -2.57. The zero-order valence-corrected chi connectivity index (χ0v) is 28.1. The minimum Gasteiger partial charge on any atom is -0.480 e. The highest BCUT2D eigenvalue weighted by Gasteiger charge is 2.31. The van der Waals surface area contributed by atoms with Crippen LogP contribution in [0.2, 0.25) is 0 Å². The smallest absolute Gasteiger partial charge is 0.326 e. The van der Waals surface area contributed by atoms with Crippen molar-refractivity contribution >= 4 is 35.5 Å². The van der Waals surface area contributed by atoms with Crippen LogP contribution in [-0.4, -0.2) is 77.9 Å². The third-order valence-corrected chi connectivity index (χ3v) is 7.61. The van der Waals surface area contributed by atoms with E-state index in [2.05, 4.69) is 26.6 Å². The maximum absolute atomic E-state index is 13.4. The molecule has 0 aliphatic heterocycles. The van der Waals surface area contributed by atoms with Gasteiger partial charge in [-0.2, -0.15) is 0 Å². The van der Waals surface area contributed by atoms with Crippen LogP contribution < -0.4 is 32.3 Å². The number of aliphatic carboxylic acids is 1. The Bertz CT molecular complexity index is 1140. The third kappa shape index (κ3) is 14.9. The normalized spacial score (nSPS) is 14.4. The molecule has 1 aromatic carbocycles. The number of carbonyl (C=O) groups excluding carboxylic acids is 5. The Labute approximate surface area is 272 Å². The van der Waals surface area contributed by atoms with Crippen LogP contribution in [0.1, 0.15) is 79.2 Å². The Balaban J connectivity index is 2.93. The molecule has 8 N–H and O–H groups in total. The van der Waals surface area contributed by atoms with Crippen molar-refractivity contribution in [2.75, 3.05) is 13.1 Å². The van der Waals surface area contributed by atoms with Gasteiger partial charge in [0.05, 0.1) is 13.0 Å². The van der Waals surface area contributed by atoms with Crippen molar-refractivity contribution in [1.29, 1.82) is 0 Å². The van der Waals surface area contributed by atoms with Crippen molar-refractivity contribution in [2.24, 2.45) is 23.5 Å². The van der Waals surface area contributed by atoms with E-state index in [4.69, 9.17) is 5.73 Å². The monoisotopic (exact) mass is 646 g/mol. The molecular formula is C33H54N6O7. The Morgan fingerprint density at radius 3 is 1.89 bits per heavy atom. The van der Waals surface area contributed by atoms with E-state index in [9.17, 15) is 33.9 Å². The largest absolute Gasteiger partial charge is 0.480 e. The quantitative estimate of drug-likeness (QED) is 0.0965. The molecule has 0 saturated carbocycles. The fraction of sp³-hybridized carbons (Fsp3) is 0.636. The first-order valence-corrected chi connectivity index (χ1v) is 16.1. The molecule has 0 unspecified atom stereocenters. The number of benzene rings is 1. The van der Waals surface area contributed by atoms with Crippen LogP contribution >= 0.6 is 0 Å². The summed E-state index contributed by atoms with van der Waals surface area (Å²) in [6, 6.07) is 5.13. The third-order valence-electron chi connectivity index (χ3n) is 7.61. The second-order valence-corrected chi connectivity index (χ2v) is 12.5. The molecule has 258 valence electrons. The molecule has 0 saturated heterocycles. The first-order chi connectivity index (χ1) is 21.7. The maximum atomic E-state index is 13.4. The van der Waals surface area contributed by atoms with Crippen molar-refractivity contribution < 1.29 is 33.9 Å². The van der Waals surface area contributed by atoms with Crippen LogP contribution in [0.25, 0.3) is 0 Å². The van der Waals surface area contributed by atoms with E-state index >= 15 is 0 Å². The van der Waals surface area contributed by atoms with Gasteiger partial charge in [-0.3, -0.25) is 24.0 Å². The molecule has 0 spiro atoms. The number of amides is 5. The van der Waals surface area contributed by atoms with Crippen LogP contribution in [0.3, 0.4) is 0 Å². The SMILES string of the molecule is CC[C@H](C)[C@H](NC(=O)[C@H](CC(C)C)NC(=O)Cc1ccccc1)C(=O)NCC(=O)N[C@@H](CCCCN)C(=O)N[C@H](C(=O)O)C(C)C. The van der Waals surface area contributed by atoms with E-state index in [1.807, 2.05) is 51.1 Å². The van der Waals surface area contributed by atoms with Crippen molar-refractivity contribution in [2.45, 2.75) is 104 Å². The van der Waals surface area contributed by atoms with Gasteiger partial charge in [0.2, 0.25) is 29.5 Å². The molecule has 0 heterocycles. The lowest BCUT2D eigenvalue weighted by atomic mass is 9.96. The number of unbranched alkanes of at least 4 members (excludes halogenated alkanes) is 1. The average molecular weight is 647 g/mol. The molecule has 46 heavy (non-hydrogen) atoms. The van der Waals surface area contributed by atoms with Crippen molar-refractivity contribution in [1.82, 2.24) is 26.6 Å². The highest BCUT2D eigenvalue weighted by molar-refractivity contribution is 5.95. The van der Waals surface area contributed by atoms with Crippen LogP contribution in [0.5, 0.6) is 0 Å². The molecule has 1 rings (SSSR count). The number of nitrogens with one attached hydrogen (secondary N) is 5. The summed E-state index contributed by atoms with van der Waals surface area (Å²) in [7, 11) is 0. The van der Waals surface area contributed by atoms with Gasteiger partial charge in [-0.1, -0.05) is 78.3 Å². The molecule has 0 aromatic heterocycles. The topological polar surface area (TPSA) is 209 Å². The predicted molar refractivity (Wildman–Crippen MR) is 175 cm³/mol. The lowest BCUT2D eigenvalue weighted by Gasteiger charge is -2.27. The molecule has 0 fully saturated rings. The van der Waals surface area contributed by atoms with E-state index in [1.165, 1.54) is 0 Å². The summed E-state index contributed by atoms with van der Waals surface area (Å²) in [4.78, 5) is 76.8. The van der Waals surface area contributed by atoms with Crippen LogP contribution in [0, 0.1) is 17.8 Å². The second kappa shape index (κ2) is 20.9. The second-order valence-electron chi connectivity index (χ2n) is 12.5. The minimum absolute atomic E-state index is 0.0775. The summed E-state index contributed by atoms with van der Waals surface area (Å²) in [5.41, 5.74) is 6.37. The Hall–Kier alpha value is -4.00. The number of nitrogens with two attached hydrogens (primary N) is 1. The van der Waals surface area contributed by atoms with Crippen LogP contribution in [0.15, 0.2) is 30.3 Å². The molecule has 0 radical (unpaired) electrons. The first kappa shape index (κ1) is 40.0. The summed E-state index contributed by atoms with van der Waals surface area (Å²) in [5, 5.41) is 22.6. The summed E-state index contributed by atoms with van der Waals surface area (Å²) in [6.45, 7) is 10.7. The summed E-state index contributed by atoms with van der Waals surface area (Å²) in [5.74, 6) is -4.51. The van der Waals surface area contributed by atoms with E-state index in [0.29, 0.717) is 32.2 Å². The average Bonchev–Trinajstić information content (AvgIpc) is 2.99. The van der Waals surface area contributed by atoms with Gasteiger partial charge >= 0.3 is 5.97 Å². The number of carboxylic acid groups (broad SMARTS) is 1. The number of hydrogen-bond donors (Lipinski definition) is 7. The van der Waals surface area contributed by atoms with Gasteiger partial charge in [-0.15, -0.1) is 0 Å². The molecule has 1 aromatic rings. The Morgan fingerprint density at radius 2 is 1.35 bits per heavy atom. The van der Waals surface area contributed by atoms with Gasteiger partial charge in [0.15, 0.2) is 0 Å². The Morgan fingerprint density at radius 1 is 0.761 bits per heavy atom. The molecule has 13 nitrogen and oxygen atoms in total. The standard InChI is InChI=1S/C33H54N6O7/c1-7-22(6)29(39-31(43)25(17-20(2)3)37-26(40)18-23-13-9-8-10-14-23)32(44)35-19-27(41)36-24(15-11-12-16-34)30(42)38-28(21(4)5)33(45)46/h8-10,13-14,20-22,24-25,28-29H,7,11-12,15-19,34H2,1-6H3,(H,35,44)(H,36,41)(H,37,40)(H,38,42)(H,39,43)(H,45,46)/t22-,24-,25-,28-,29-/m0/s1. The van der Waals surface area contributed by atoms with Crippen molar-refractivity contribution in [3.05, 3.63) is 35.9 Å². The summed E-state index contributed by atoms with van der Waals surface area (Å²) < 4.78 is 0. The zero-order chi connectivity index (χ0) is 34.8. The zero-order valence-electron chi connectivity index (χ0n) is 28.1. The molecule has 0 bridgehead atoms. The molecule has 0 aliphatic carbocycles. The highest BCUT2D eigenvalue weighted by Crippen LogP contribution is 2.12. The number of hydrogen-bond acceptors (Lipinski definition) is 7. The van der Waals surface area contributed by atoms with E-state index in [-0.39, 0.29) is 36.5 Å². The number of rotatable bonds is 21. The van der Waals surface area contributed by atoms with Gasteiger partial charge in [-0.05, 0) is 55.5 Å². The van der Waals surface area contributed by atoms with Crippen LogP contribution in [-0.2, 0) is 35.2 Å². The molecule has 0 aliphatic rings. The van der Waals surface area contributed by atoms with E-state index in [0.717, 1.165) is 5.56 Å². The van der Waals surface area contributed by atoms with Gasteiger partial charge in [-0.25, -0.2) is 4.79 Å². The Kier molecular flexibility index (Phi) is 18.2. The van der Waals surface area contributed by atoms with Crippen LogP contribution in [0.4, 0.5) is 0 Å². The number of carboxylic acids is 1. The molecule has 5 atom stereocenters. The van der Waals surface area contributed by atoms with Crippen molar-refractivity contribution in [3.8, 4) is 0 Å². The van der Waals surface area contributed by atoms with Gasteiger partial charge in [0.25, 0.3) is 0 Å². The van der Waals surface area contributed by atoms with E-state index in [1.54, 1.807) is 20.8 Å². The lowest BCUT2D eigenvalue weighted by molar-refractivity contribution is -0.143. The fourth-order valence-electron chi connectivity index (χ4n) is 4.74. The molecule has 5 amide bonds. The molecular weight excluding hydrogens is 592 g/mol. The summed E-state index contributed by atoms with van der Waals surface area (Å²) in [6.07, 6.45) is 2.35. The summed E-state index contributed by atoms with van der Waals surface area (Å²) >= 11 is 0. The first-order valence-electron chi connectivity index (χ1n) is 16.1. The van der Waals surface area contributed by atoms with Gasteiger partial charge in [0.1, 0.15) is 24.2 Å². The van der Waals surface area contributed by atoms with Gasteiger partial charge in [0, 0.05) is 0 Å². The highest BCUT2D eigenvalue weighted by atomic mass is 16.4. The molecule has 13 heteroatoms. The maximum Gasteiger partial charge on any atom is 0.326 e. The number of carbonyl (C=O) groups is 6. The minimum atomic E-state index is -1.19. The van der Waals surface area contributed by atoms with Gasteiger partial charge < -0.3 is 37.4 Å². The van der Waals surface area contributed by atoms with E-state index < -0.39 is 60.3 Å². The fourth-order valence-corrected chi connectivity index (χ4v) is 4.74. The van der Waals surface area contributed by atoms with Crippen molar-refractivity contribution in [3.63, 3.8) is 0 Å².